The summed E-state index contributed by atoms with van der Waals surface area (Å²) in [6, 6.07) is 62.0. The van der Waals surface area contributed by atoms with Crippen LogP contribution in [0.25, 0.3) is 87.4 Å². The lowest BCUT2D eigenvalue weighted by atomic mass is 9.86. The number of hydrogen-bond donors (Lipinski definition) is 0. The van der Waals surface area contributed by atoms with Crippen LogP contribution in [0.4, 0.5) is 34.1 Å². The molecule has 0 saturated carbocycles. The molecule has 0 N–H and O–H groups in total. The fourth-order valence-electron chi connectivity index (χ4n) is 11.9. The van der Waals surface area contributed by atoms with Crippen molar-refractivity contribution >= 4 is 121 Å². The monoisotopic (exact) mass is 950 g/mol. The summed E-state index contributed by atoms with van der Waals surface area (Å²) in [5.41, 5.74) is 18.2. The summed E-state index contributed by atoms with van der Waals surface area (Å²) in [7, 11) is 0. The molecule has 10 aromatic carbocycles. The zero-order chi connectivity index (χ0) is 50.2. The molecule has 13 aromatic rings. The zero-order valence-electron chi connectivity index (χ0n) is 43.3. The van der Waals surface area contributed by atoms with Gasteiger partial charge in [0.05, 0.1) is 22.7 Å². The Morgan fingerprint density at radius 3 is 0.945 bits per heavy atom. The van der Waals surface area contributed by atoms with Crippen LogP contribution in [0.1, 0.15) is 74.9 Å². The molecule has 0 fully saturated rings. The van der Waals surface area contributed by atoms with Crippen molar-refractivity contribution in [3.8, 4) is 0 Å². The van der Waals surface area contributed by atoms with Crippen molar-refractivity contribution in [1.29, 1.82) is 0 Å². The van der Waals surface area contributed by atoms with E-state index in [1.165, 1.54) is 33.4 Å². The molecule has 358 valence electrons. The van der Waals surface area contributed by atoms with Crippen LogP contribution < -0.4 is 9.80 Å². The van der Waals surface area contributed by atoms with Crippen LogP contribution >= 0.6 is 0 Å². The molecule has 5 nitrogen and oxygen atoms in total. The molecule has 0 atom stereocenters. The third kappa shape index (κ3) is 7.04. The Morgan fingerprint density at radius 2 is 0.575 bits per heavy atom. The molecule has 0 unspecified atom stereocenters. The second kappa shape index (κ2) is 16.1. The van der Waals surface area contributed by atoms with Crippen molar-refractivity contribution in [3.05, 3.63) is 203 Å². The summed E-state index contributed by atoms with van der Waals surface area (Å²) >= 11 is 0. The van der Waals surface area contributed by atoms with Gasteiger partial charge in [-0.05, 0) is 109 Å². The van der Waals surface area contributed by atoms with Gasteiger partial charge in [0.25, 0.3) is 0 Å². The Balaban J connectivity index is 1.14. The Labute approximate surface area is 425 Å². The van der Waals surface area contributed by atoms with Gasteiger partial charge >= 0.3 is 0 Å². The Morgan fingerprint density at radius 1 is 0.274 bits per heavy atom. The first-order valence-corrected chi connectivity index (χ1v) is 25.6. The number of furan rings is 3. The van der Waals surface area contributed by atoms with E-state index in [0.29, 0.717) is 0 Å². The van der Waals surface area contributed by atoms with Gasteiger partial charge in [-0.25, -0.2) is 0 Å². The zero-order valence-corrected chi connectivity index (χ0v) is 43.3. The van der Waals surface area contributed by atoms with Gasteiger partial charge in [-0.1, -0.05) is 163 Å². The van der Waals surface area contributed by atoms with E-state index < -0.39 is 0 Å². The highest BCUT2D eigenvalue weighted by Gasteiger charge is 2.29. The quantitative estimate of drug-likeness (QED) is 0.166. The number of rotatable bonds is 6. The minimum Gasteiger partial charge on any atom is -0.455 e. The molecule has 3 heterocycles. The van der Waals surface area contributed by atoms with E-state index in [1.807, 2.05) is 0 Å². The van der Waals surface area contributed by atoms with Crippen LogP contribution in [-0.4, -0.2) is 0 Å². The fraction of sp³-hybridized carbons (Fsp3) is 0.176. The van der Waals surface area contributed by atoms with Gasteiger partial charge in [0, 0.05) is 76.4 Å². The van der Waals surface area contributed by atoms with E-state index in [0.717, 1.165) is 121 Å². The van der Waals surface area contributed by atoms with Gasteiger partial charge in [-0.15, -0.1) is 0 Å². The van der Waals surface area contributed by atoms with Crippen molar-refractivity contribution < 1.29 is 13.3 Å². The number of benzene rings is 10. The van der Waals surface area contributed by atoms with Gasteiger partial charge in [0.2, 0.25) is 0 Å². The van der Waals surface area contributed by atoms with E-state index in [9.17, 15) is 0 Å². The SMILES string of the molecule is Cc1cc(C)cc(N(c2cc3c4cc(N(c5cc(C)cc(C)c5)c5cccc6c5oc5c(C(C)(C)C)cccc56)c5ccccc5c4oc3c3ccccc23)c2cccc3c2oc2c(C(C)(C)C)cccc23)c1. The maximum atomic E-state index is 7.28. The molecule has 0 aliphatic carbocycles. The molecule has 5 heteroatoms. The number of anilines is 6. The number of nitrogens with zero attached hydrogens (tertiary/aromatic N) is 2. The first kappa shape index (κ1) is 44.6. The topological polar surface area (TPSA) is 45.9 Å². The van der Waals surface area contributed by atoms with Crippen LogP contribution in [0.2, 0.25) is 0 Å². The van der Waals surface area contributed by atoms with Gasteiger partial charge in [-0.2, -0.15) is 0 Å². The number of aryl methyl sites for hydroxylation is 4. The summed E-state index contributed by atoms with van der Waals surface area (Å²) in [6.07, 6.45) is 0. The van der Waals surface area contributed by atoms with Crippen molar-refractivity contribution in [2.24, 2.45) is 0 Å². The van der Waals surface area contributed by atoms with E-state index in [4.69, 9.17) is 13.3 Å². The van der Waals surface area contributed by atoms with Crippen LogP contribution in [-0.2, 0) is 10.8 Å². The normalized spacial score (nSPS) is 12.5. The predicted molar refractivity (Wildman–Crippen MR) is 309 cm³/mol. The molecule has 0 amide bonds. The lowest BCUT2D eigenvalue weighted by Crippen LogP contribution is -2.12. The Bertz CT molecular complexity index is 4090. The van der Waals surface area contributed by atoms with Crippen LogP contribution in [0, 0.1) is 27.7 Å². The minimum absolute atomic E-state index is 0.115. The van der Waals surface area contributed by atoms with Crippen molar-refractivity contribution in [2.45, 2.75) is 80.1 Å². The van der Waals surface area contributed by atoms with E-state index in [-0.39, 0.29) is 10.8 Å². The second-order valence-corrected chi connectivity index (χ2v) is 22.5. The number of fused-ring (bicyclic) bond motifs is 13. The van der Waals surface area contributed by atoms with Crippen molar-refractivity contribution in [3.63, 3.8) is 0 Å². The molecule has 73 heavy (non-hydrogen) atoms. The van der Waals surface area contributed by atoms with Crippen molar-refractivity contribution in [1.82, 2.24) is 0 Å². The smallest absolute Gasteiger partial charge is 0.159 e. The molecular formula is C68H58N2O3. The lowest BCUT2D eigenvalue weighted by Gasteiger charge is -2.28. The Kier molecular flexibility index (Phi) is 9.86. The highest BCUT2D eigenvalue weighted by Crippen LogP contribution is 2.52. The number of hydrogen-bond acceptors (Lipinski definition) is 5. The highest BCUT2D eigenvalue weighted by atomic mass is 16.3. The summed E-state index contributed by atoms with van der Waals surface area (Å²) in [5.74, 6) is 0. The second-order valence-electron chi connectivity index (χ2n) is 22.5. The molecule has 0 saturated heterocycles. The van der Waals surface area contributed by atoms with Crippen LogP contribution in [0.3, 0.4) is 0 Å². The molecule has 0 spiro atoms. The molecule has 0 bridgehead atoms. The predicted octanol–water partition coefficient (Wildman–Crippen LogP) is 20.5. The van der Waals surface area contributed by atoms with Gasteiger partial charge < -0.3 is 23.1 Å². The number of para-hydroxylation sites is 4. The minimum atomic E-state index is -0.115. The van der Waals surface area contributed by atoms with Gasteiger partial charge in [-0.3, -0.25) is 0 Å². The average Bonchev–Trinajstić information content (AvgIpc) is 4.06. The third-order valence-electron chi connectivity index (χ3n) is 15.0. The van der Waals surface area contributed by atoms with E-state index in [2.05, 4.69) is 249 Å². The Hall–Kier alpha value is -8.28. The summed E-state index contributed by atoms with van der Waals surface area (Å²) in [5, 5.41) is 10.7. The molecule has 0 aliphatic rings. The molecular weight excluding hydrogens is 893 g/mol. The van der Waals surface area contributed by atoms with E-state index in [1.54, 1.807) is 0 Å². The van der Waals surface area contributed by atoms with Gasteiger partial charge in [0.15, 0.2) is 11.2 Å². The molecule has 3 aromatic heterocycles. The third-order valence-corrected chi connectivity index (χ3v) is 15.0. The summed E-state index contributed by atoms with van der Waals surface area (Å²) in [6.45, 7) is 22.3. The highest BCUT2D eigenvalue weighted by molar-refractivity contribution is 6.26. The fourth-order valence-corrected chi connectivity index (χ4v) is 11.9. The average molecular weight is 951 g/mol. The first-order valence-electron chi connectivity index (χ1n) is 25.6. The molecule has 0 aliphatic heterocycles. The largest absolute Gasteiger partial charge is 0.455 e. The first-order chi connectivity index (χ1) is 35.1. The standard InChI is InChI=1S/C68H58N2O3/c1-39-31-40(2)34-43(33-39)69(57-29-17-25-51-49-23-15-27-55(67(5,6)7)63(49)72-65(51)57)59-37-53-54-38-60(46-20-12-14-22-48(46)62(54)71-61(53)47-21-13-11-19-45(47)59)70(44-35-41(3)32-42(4)36-44)58-30-18-26-52-50-24-16-28-56(68(8,9)10)64(50)73-66(52)58/h11-38H,1-10H3. The van der Waals surface area contributed by atoms with Crippen LogP contribution in [0.5, 0.6) is 0 Å². The lowest BCUT2D eigenvalue weighted by molar-refractivity contribution is 0.572. The summed E-state index contributed by atoms with van der Waals surface area (Å²) in [4.78, 5) is 4.83. The van der Waals surface area contributed by atoms with E-state index >= 15 is 0 Å². The van der Waals surface area contributed by atoms with Gasteiger partial charge in [0.1, 0.15) is 22.3 Å². The van der Waals surface area contributed by atoms with Crippen LogP contribution in [0.15, 0.2) is 183 Å². The maximum Gasteiger partial charge on any atom is 0.159 e. The van der Waals surface area contributed by atoms with Crippen molar-refractivity contribution in [2.75, 3.05) is 9.80 Å². The summed E-state index contributed by atoms with van der Waals surface area (Å²) < 4.78 is 21.6. The molecule has 0 radical (unpaired) electrons. The maximum absolute atomic E-state index is 7.28. The molecule has 13 rings (SSSR count).